The van der Waals surface area contributed by atoms with E-state index in [1.165, 1.54) is 0 Å². The zero-order valence-corrected chi connectivity index (χ0v) is 8.94. The Labute approximate surface area is 89.0 Å². The molecule has 5 nitrogen and oxygen atoms in total. The third kappa shape index (κ3) is 3.87. The van der Waals surface area contributed by atoms with Gasteiger partial charge < -0.3 is 14.7 Å². The molecule has 86 valence electrons. The highest BCUT2D eigenvalue weighted by atomic mass is 16.5. The van der Waals surface area contributed by atoms with Crippen LogP contribution < -0.4 is 0 Å². The molecular formula is C10H17NO4. The van der Waals surface area contributed by atoms with E-state index in [0.717, 1.165) is 19.4 Å². The molecule has 0 aromatic rings. The SMILES string of the molecule is CCN(CC1CCCO1)C(=O)CC(=O)O. The Morgan fingerprint density at radius 3 is 2.73 bits per heavy atom. The zero-order valence-electron chi connectivity index (χ0n) is 8.94. The molecule has 15 heavy (non-hydrogen) atoms. The number of rotatable bonds is 5. The summed E-state index contributed by atoms with van der Waals surface area (Å²) in [6.07, 6.45) is 1.63. The number of carbonyl (C=O) groups excluding carboxylic acids is 1. The molecule has 1 N–H and O–H groups in total. The fourth-order valence-corrected chi connectivity index (χ4v) is 1.68. The summed E-state index contributed by atoms with van der Waals surface area (Å²) in [5.41, 5.74) is 0. The van der Waals surface area contributed by atoms with E-state index < -0.39 is 12.4 Å². The second-order valence-electron chi connectivity index (χ2n) is 3.64. The number of hydrogen-bond donors (Lipinski definition) is 1. The molecule has 1 fully saturated rings. The van der Waals surface area contributed by atoms with Gasteiger partial charge in [0.25, 0.3) is 0 Å². The molecule has 1 unspecified atom stereocenters. The highest BCUT2D eigenvalue weighted by Crippen LogP contribution is 2.13. The van der Waals surface area contributed by atoms with E-state index in [-0.39, 0.29) is 12.0 Å². The average molecular weight is 215 g/mol. The summed E-state index contributed by atoms with van der Waals surface area (Å²) in [5, 5.41) is 8.51. The van der Waals surface area contributed by atoms with E-state index in [4.69, 9.17) is 9.84 Å². The van der Waals surface area contributed by atoms with Crippen LogP contribution in [-0.2, 0) is 14.3 Å². The van der Waals surface area contributed by atoms with Crippen molar-refractivity contribution in [3.05, 3.63) is 0 Å². The molecule has 1 atom stereocenters. The lowest BCUT2D eigenvalue weighted by Crippen LogP contribution is -2.38. The third-order valence-corrected chi connectivity index (χ3v) is 2.48. The zero-order chi connectivity index (χ0) is 11.3. The van der Waals surface area contributed by atoms with Crippen LogP contribution in [0.1, 0.15) is 26.2 Å². The monoisotopic (exact) mass is 215 g/mol. The topological polar surface area (TPSA) is 66.8 Å². The number of ether oxygens (including phenoxy) is 1. The van der Waals surface area contributed by atoms with Gasteiger partial charge in [-0.25, -0.2) is 0 Å². The van der Waals surface area contributed by atoms with Gasteiger partial charge in [0, 0.05) is 19.7 Å². The largest absolute Gasteiger partial charge is 0.481 e. The van der Waals surface area contributed by atoms with E-state index in [1.807, 2.05) is 6.92 Å². The fraction of sp³-hybridized carbons (Fsp3) is 0.800. The minimum absolute atomic E-state index is 0.0858. The van der Waals surface area contributed by atoms with Crippen LogP contribution in [0.25, 0.3) is 0 Å². The molecule has 0 bridgehead atoms. The normalized spacial score (nSPS) is 20.2. The number of carboxylic acids is 1. The molecule has 1 heterocycles. The minimum atomic E-state index is -1.08. The lowest BCUT2D eigenvalue weighted by molar-refractivity contribution is -0.144. The van der Waals surface area contributed by atoms with Crippen molar-refractivity contribution in [3.8, 4) is 0 Å². The molecule has 5 heteroatoms. The second-order valence-corrected chi connectivity index (χ2v) is 3.64. The van der Waals surface area contributed by atoms with Crippen molar-refractivity contribution >= 4 is 11.9 Å². The van der Waals surface area contributed by atoms with Crippen LogP contribution in [0.15, 0.2) is 0 Å². The molecular weight excluding hydrogens is 198 g/mol. The molecule has 0 spiro atoms. The first-order chi connectivity index (χ1) is 7.13. The number of carbonyl (C=O) groups is 2. The Morgan fingerprint density at radius 1 is 1.53 bits per heavy atom. The van der Waals surface area contributed by atoms with Crippen LogP contribution in [0.2, 0.25) is 0 Å². The van der Waals surface area contributed by atoms with Gasteiger partial charge in [-0.1, -0.05) is 0 Å². The van der Waals surface area contributed by atoms with Crippen molar-refractivity contribution in [1.82, 2.24) is 4.90 Å². The fourth-order valence-electron chi connectivity index (χ4n) is 1.68. The summed E-state index contributed by atoms with van der Waals surface area (Å²) in [4.78, 5) is 23.4. The van der Waals surface area contributed by atoms with Crippen LogP contribution in [-0.4, -0.2) is 47.7 Å². The predicted octanol–water partition coefficient (Wildman–Crippen LogP) is 0.489. The van der Waals surface area contributed by atoms with Crippen molar-refractivity contribution in [2.75, 3.05) is 19.7 Å². The van der Waals surface area contributed by atoms with Crippen LogP contribution in [0, 0.1) is 0 Å². The van der Waals surface area contributed by atoms with E-state index in [1.54, 1.807) is 4.90 Å². The van der Waals surface area contributed by atoms with E-state index in [9.17, 15) is 9.59 Å². The average Bonchev–Trinajstić information content (AvgIpc) is 2.65. The standard InChI is InChI=1S/C10H17NO4/c1-2-11(9(12)6-10(13)14)7-8-4-3-5-15-8/h8H,2-7H2,1H3,(H,13,14). The summed E-state index contributed by atoms with van der Waals surface area (Å²) in [5.74, 6) is -1.41. The molecule has 1 saturated heterocycles. The number of nitrogens with zero attached hydrogens (tertiary/aromatic N) is 1. The molecule has 0 radical (unpaired) electrons. The summed E-state index contributed by atoms with van der Waals surface area (Å²) >= 11 is 0. The van der Waals surface area contributed by atoms with Crippen molar-refractivity contribution in [2.45, 2.75) is 32.3 Å². The third-order valence-electron chi connectivity index (χ3n) is 2.48. The first-order valence-corrected chi connectivity index (χ1v) is 5.24. The maximum Gasteiger partial charge on any atom is 0.312 e. The highest BCUT2D eigenvalue weighted by Gasteiger charge is 2.22. The number of likely N-dealkylation sites (N-methyl/N-ethyl adjacent to an activating group) is 1. The van der Waals surface area contributed by atoms with Gasteiger partial charge in [0.15, 0.2) is 0 Å². The first-order valence-electron chi connectivity index (χ1n) is 5.24. The quantitative estimate of drug-likeness (QED) is 0.678. The Hall–Kier alpha value is -1.10. The van der Waals surface area contributed by atoms with E-state index in [2.05, 4.69) is 0 Å². The smallest absolute Gasteiger partial charge is 0.312 e. The van der Waals surface area contributed by atoms with Crippen molar-refractivity contribution in [1.29, 1.82) is 0 Å². The van der Waals surface area contributed by atoms with E-state index >= 15 is 0 Å². The van der Waals surface area contributed by atoms with Gasteiger partial charge in [0.2, 0.25) is 5.91 Å². The summed E-state index contributed by atoms with van der Waals surface area (Å²) in [7, 11) is 0. The van der Waals surface area contributed by atoms with Crippen LogP contribution in [0.4, 0.5) is 0 Å². The summed E-state index contributed by atoms with van der Waals surface area (Å²) in [6.45, 7) is 3.64. The van der Waals surface area contributed by atoms with Gasteiger partial charge in [0.05, 0.1) is 6.10 Å². The van der Waals surface area contributed by atoms with Gasteiger partial charge in [0.1, 0.15) is 6.42 Å². The Kier molecular flexibility index (Phi) is 4.55. The number of hydrogen-bond acceptors (Lipinski definition) is 3. The summed E-state index contributed by atoms with van der Waals surface area (Å²) < 4.78 is 5.40. The van der Waals surface area contributed by atoms with Crippen molar-refractivity contribution in [3.63, 3.8) is 0 Å². The molecule has 1 rings (SSSR count). The molecule has 1 aliphatic rings. The van der Waals surface area contributed by atoms with Gasteiger partial charge in [-0.3, -0.25) is 9.59 Å². The Balaban J connectivity index is 2.39. The molecule has 0 aromatic carbocycles. The number of amides is 1. The summed E-state index contributed by atoms with van der Waals surface area (Å²) in [6, 6.07) is 0. The van der Waals surface area contributed by atoms with Crippen LogP contribution in [0.5, 0.6) is 0 Å². The van der Waals surface area contributed by atoms with E-state index in [0.29, 0.717) is 13.1 Å². The molecule has 0 aliphatic carbocycles. The van der Waals surface area contributed by atoms with Gasteiger partial charge in [-0.2, -0.15) is 0 Å². The molecule has 0 saturated carbocycles. The van der Waals surface area contributed by atoms with Gasteiger partial charge in [-0.15, -0.1) is 0 Å². The van der Waals surface area contributed by atoms with Crippen molar-refractivity contribution < 1.29 is 19.4 Å². The maximum absolute atomic E-state index is 11.5. The first kappa shape index (κ1) is 12.0. The second kappa shape index (κ2) is 5.70. The molecule has 1 aliphatic heterocycles. The van der Waals surface area contributed by atoms with Gasteiger partial charge >= 0.3 is 5.97 Å². The minimum Gasteiger partial charge on any atom is -0.481 e. The molecule has 0 aromatic heterocycles. The van der Waals surface area contributed by atoms with Crippen LogP contribution in [0.3, 0.4) is 0 Å². The lowest BCUT2D eigenvalue weighted by atomic mass is 10.2. The lowest BCUT2D eigenvalue weighted by Gasteiger charge is -2.23. The van der Waals surface area contributed by atoms with Crippen molar-refractivity contribution in [2.24, 2.45) is 0 Å². The van der Waals surface area contributed by atoms with Gasteiger partial charge in [-0.05, 0) is 19.8 Å². The van der Waals surface area contributed by atoms with Crippen LogP contribution >= 0.6 is 0 Å². The number of carboxylic acid groups (broad SMARTS) is 1. The Morgan fingerprint density at radius 2 is 2.27 bits per heavy atom. The number of aliphatic carboxylic acids is 1. The maximum atomic E-state index is 11.5. The highest BCUT2D eigenvalue weighted by molar-refractivity contribution is 5.93. The predicted molar refractivity (Wildman–Crippen MR) is 53.5 cm³/mol. The Bertz CT molecular complexity index is 236. The molecule has 1 amide bonds.